The lowest BCUT2D eigenvalue weighted by atomic mass is 9.67. The predicted molar refractivity (Wildman–Crippen MR) is 185 cm³/mol. The maximum Gasteiger partial charge on any atom is 0.420 e. The highest BCUT2D eigenvalue weighted by Gasteiger charge is 2.46. The number of halogens is 3. The van der Waals surface area contributed by atoms with Crippen LogP contribution in [-0.2, 0) is 11.6 Å². The van der Waals surface area contributed by atoms with E-state index < -0.39 is 17.2 Å². The van der Waals surface area contributed by atoms with Gasteiger partial charge in [-0.2, -0.15) is 13.2 Å². The Bertz CT molecular complexity index is 2160. The molecule has 0 bridgehead atoms. The largest absolute Gasteiger partial charge is 0.457 e. The minimum Gasteiger partial charge on any atom is -0.457 e. The van der Waals surface area contributed by atoms with Crippen molar-refractivity contribution in [3.63, 3.8) is 0 Å². The molecule has 0 unspecified atom stereocenters. The Morgan fingerprint density at radius 3 is 1.40 bits per heavy atom. The quantitative estimate of drug-likeness (QED) is 0.177. The number of anilines is 2. The molecule has 1 aliphatic rings. The van der Waals surface area contributed by atoms with Crippen molar-refractivity contribution in [3.05, 3.63) is 166 Å². The first-order valence-corrected chi connectivity index (χ1v) is 15.6. The molecule has 0 spiro atoms. The maximum absolute atomic E-state index is 13.9. The van der Waals surface area contributed by atoms with Crippen molar-refractivity contribution < 1.29 is 22.6 Å². The number of aryl methyl sites for hydroxylation is 3. The van der Waals surface area contributed by atoms with Gasteiger partial charge in [0, 0.05) is 11.4 Å². The molecular formula is C41H33F3N2O2. The molecule has 7 heteroatoms. The zero-order chi connectivity index (χ0) is 33.8. The van der Waals surface area contributed by atoms with Crippen LogP contribution in [0.4, 0.5) is 24.5 Å². The fraction of sp³-hybridized carbons (Fsp3) is 0.122. The fourth-order valence-electron chi connectivity index (χ4n) is 6.90. The van der Waals surface area contributed by atoms with Crippen LogP contribution in [-0.4, -0.2) is 0 Å². The summed E-state index contributed by atoms with van der Waals surface area (Å²) in [4.78, 5) is 0. The molecule has 4 nitrogen and oxygen atoms in total. The Morgan fingerprint density at radius 1 is 0.500 bits per heavy atom. The molecule has 0 heterocycles. The minimum absolute atomic E-state index is 0.0116. The summed E-state index contributed by atoms with van der Waals surface area (Å²) < 4.78 is 54.0. The first kappa shape index (κ1) is 30.9. The van der Waals surface area contributed by atoms with Crippen LogP contribution in [0.25, 0.3) is 11.1 Å². The number of alkyl halides is 3. The van der Waals surface area contributed by atoms with Crippen LogP contribution < -0.4 is 20.9 Å². The highest BCUT2D eigenvalue weighted by molar-refractivity contribution is 5.86. The van der Waals surface area contributed by atoms with Gasteiger partial charge in [0.25, 0.3) is 0 Å². The first-order chi connectivity index (χ1) is 23.0. The number of hydrogen-bond donors (Lipinski definition) is 2. The molecule has 4 N–H and O–H groups in total. The van der Waals surface area contributed by atoms with Crippen molar-refractivity contribution in [3.8, 4) is 34.1 Å². The van der Waals surface area contributed by atoms with Crippen LogP contribution in [0.1, 0.15) is 44.5 Å². The van der Waals surface area contributed by atoms with Crippen molar-refractivity contribution in [1.82, 2.24) is 0 Å². The summed E-state index contributed by atoms with van der Waals surface area (Å²) in [5.74, 6) is 1.47. The van der Waals surface area contributed by atoms with Gasteiger partial charge in [-0.3, -0.25) is 0 Å². The summed E-state index contributed by atoms with van der Waals surface area (Å²) in [6.07, 6.45) is -4.62. The van der Waals surface area contributed by atoms with Gasteiger partial charge in [-0.25, -0.2) is 0 Å². The minimum atomic E-state index is -4.62. The molecule has 0 fully saturated rings. The van der Waals surface area contributed by atoms with Crippen molar-refractivity contribution in [2.24, 2.45) is 0 Å². The zero-order valence-corrected chi connectivity index (χ0v) is 26.7. The number of nitrogen functional groups attached to an aromatic ring is 2. The molecular weight excluding hydrogens is 609 g/mol. The number of nitrogens with two attached hydrogens (primary N) is 2. The molecule has 0 atom stereocenters. The van der Waals surface area contributed by atoms with E-state index in [4.69, 9.17) is 20.9 Å². The Morgan fingerprint density at radius 2 is 0.917 bits per heavy atom. The normalized spacial score (nSPS) is 13.1. The van der Waals surface area contributed by atoms with Gasteiger partial charge in [0.05, 0.1) is 5.41 Å². The second-order valence-electron chi connectivity index (χ2n) is 12.3. The molecule has 6 aromatic rings. The van der Waals surface area contributed by atoms with E-state index >= 15 is 0 Å². The SMILES string of the molecule is Cc1cc(N)ccc1Oc1ccc(C2(c3ccc(Oc4ccc(N)cc4C(F)(F)F)c(C)c3)c3ccccc3-c3ccccc32)cc1C. The van der Waals surface area contributed by atoms with Crippen molar-refractivity contribution >= 4 is 11.4 Å². The highest BCUT2D eigenvalue weighted by Crippen LogP contribution is 2.57. The van der Waals surface area contributed by atoms with Gasteiger partial charge < -0.3 is 20.9 Å². The number of hydrogen-bond acceptors (Lipinski definition) is 4. The van der Waals surface area contributed by atoms with Gasteiger partial charge in [-0.1, -0.05) is 72.8 Å². The maximum atomic E-state index is 13.9. The average molecular weight is 643 g/mol. The summed E-state index contributed by atoms with van der Waals surface area (Å²) >= 11 is 0. The molecule has 0 saturated heterocycles. The Hall–Kier alpha value is -5.69. The molecule has 0 amide bonds. The van der Waals surface area contributed by atoms with Crippen molar-refractivity contribution in [1.29, 1.82) is 0 Å². The molecule has 0 saturated carbocycles. The Kier molecular flexibility index (Phi) is 7.43. The highest BCUT2D eigenvalue weighted by atomic mass is 19.4. The van der Waals surface area contributed by atoms with Crippen molar-refractivity contribution in [2.45, 2.75) is 32.4 Å². The number of fused-ring (bicyclic) bond motifs is 3. The summed E-state index contributed by atoms with van der Waals surface area (Å²) in [7, 11) is 0. The van der Waals surface area contributed by atoms with E-state index in [1.807, 2.05) is 81.4 Å². The van der Waals surface area contributed by atoms with Gasteiger partial charge in [-0.05, 0) is 119 Å². The Labute approximate surface area is 277 Å². The third-order valence-corrected chi connectivity index (χ3v) is 9.12. The van der Waals surface area contributed by atoms with E-state index in [9.17, 15) is 13.2 Å². The smallest absolute Gasteiger partial charge is 0.420 e. The summed E-state index contributed by atoms with van der Waals surface area (Å²) in [5, 5.41) is 0. The predicted octanol–water partition coefficient (Wildman–Crippen LogP) is 10.7. The summed E-state index contributed by atoms with van der Waals surface area (Å²) in [5.41, 5.74) is 19.7. The van der Waals surface area contributed by atoms with Crippen LogP contribution >= 0.6 is 0 Å². The molecule has 240 valence electrons. The fourth-order valence-corrected chi connectivity index (χ4v) is 6.90. The second kappa shape index (κ2) is 11.5. The number of benzene rings is 6. The molecule has 0 aliphatic heterocycles. The van der Waals surface area contributed by atoms with Crippen LogP contribution in [0, 0.1) is 20.8 Å². The van der Waals surface area contributed by atoms with Crippen LogP contribution in [0.3, 0.4) is 0 Å². The monoisotopic (exact) mass is 642 g/mol. The summed E-state index contributed by atoms with van der Waals surface area (Å²) in [6, 6.07) is 37.8. The molecule has 1 aliphatic carbocycles. The third-order valence-electron chi connectivity index (χ3n) is 9.12. The average Bonchev–Trinajstić information content (AvgIpc) is 3.35. The molecule has 6 aromatic carbocycles. The first-order valence-electron chi connectivity index (χ1n) is 15.6. The number of ether oxygens (including phenoxy) is 2. The lowest BCUT2D eigenvalue weighted by Crippen LogP contribution is -2.28. The van der Waals surface area contributed by atoms with Gasteiger partial charge >= 0.3 is 6.18 Å². The van der Waals surface area contributed by atoms with Crippen LogP contribution in [0.2, 0.25) is 0 Å². The molecule has 48 heavy (non-hydrogen) atoms. The molecule has 0 radical (unpaired) electrons. The lowest BCUT2D eigenvalue weighted by molar-refractivity contribution is -0.138. The Balaban J connectivity index is 1.38. The lowest BCUT2D eigenvalue weighted by Gasteiger charge is -2.34. The second-order valence-corrected chi connectivity index (χ2v) is 12.3. The van der Waals surface area contributed by atoms with Gasteiger partial charge in [0.1, 0.15) is 28.6 Å². The van der Waals surface area contributed by atoms with E-state index in [0.717, 1.165) is 62.1 Å². The molecule has 7 rings (SSSR count). The van der Waals surface area contributed by atoms with E-state index in [-0.39, 0.29) is 11.4 Å². The van der Waals surface area contributed by atoms with E-state index in [0.29, 0.717) is 17.0 Å². The zero-order valence-electron chi connectivity index (χ0n) is 26.7. The standard InChI is InChI=1S/C41H33F3N2O2/c1-24-20-27(12-16-36(24)47-38-18-14-29(45)22-26(38)3)40(33-10-6-4-8-31(33)32-9-5-7-11-34(32)40)28-13-17-37(25(2)21-28)48-39-19-15-30(46)23-35(39)41(42,43)44/h4-23H,45-46H2,1-3H3. The van der Waals surface area contributed by atoms with Gasteiger partial charge in [0.15, 0.2) is 0 Å². The summed E-state index contributed by atoms with van der Waals surface area (Å²) in [6.45, 7) is 5.84. The van der Waals surface area contributed by atoms with Crippen LogP contribution in [0.5, 0.6) is 23.0 Å². The topological polar surface area (TPSA) is 70.5 Å². The van der Waals surface area contributed by atoms with Crippen molar-refractivity contribution in [2.75, 3.05) is 11.5 Å². The number of rotatable bonds is 6. The molecule has 0 aromatic heterocycles. The van der Waals surface area contributed by atoms with E-state index in [2.05, 4.69) is 36.4 Å². The van der Waals surface area contributed by atoms with Gasteiger partial charge in [-0.15, -0.1) is 0 Å². The third kappa shape index (κ3) is 5.12. The van der Waals surface area contributed by atoms with E-state index in [1.54, 1.807) is 6.07 Å². The van der Waals surface area contributed by atoms with Gasteiger partial charge in [0.2, 0.25) is 0 Å². The van der Waals surface area contributed by atoms with E-state index in [1.165, 1.54) is 12.1 Å². The van der Waals surface area contributed by atoms with Crippen LogP contribution in [0.15, 0.2) is 121 Å².